The Labute approximate surface area is 230 Å². The Morgan fingerprint density at radius 2 is 1.42 bits per heavy atom. The molecule has 0 unspecified atom stereocenters. The number of aliphatic hydroxyl groups is 2. The van der Waals surface area contributed by atoms with Gasteiger partial charge in [-0.05, 0) is 39.0 Å². The van der Waals surface area contributed by atoms with Gasteiger partial charge in [0.05, 0.1) is 0 Å². The topological polar surface area (TPSA) is 114 Å². The van der Waals surface area contributed by atoms with Gasteiger partial charge in [-0.1, -0.05) is 83.4 Å². The van der Waals surface area contributed by atoms with E-state index in [1.165, 1.54) is 78.1 Å². The lowest BCUT2D eigenvalue weighted by Gasteiger charge is -2.42. The van der Waals surface area contributed by atoms with Gasteiger partial charge in [-0.25, -0.2) is 4.79 Å². The Bertz CT molecular complexity index is 696. The summed E-state index contributed by atoms with van der Waals surface area (Å²) in [7, 11) is 0. The number of carbonyl (C=O) groups is 2. The summed E-state index contributed by atoms with van der Waals surface area (Å²) in [5.74, 6) is -0.983. The Hall–Kier alpha value is -1.74. The maximum absolute atomic E-state index is 11.7. The van der Waals surface area contributed by atoms with Gasteiger partial charge in [-0.2, -0.15) is 0 Å². The van der Waals surface area contributed by atoms with Crippen molar-refractivity contribution in [1.29, 1.82) is 0 Å². The summed E-state index contributed by atoms with van der Waals surface area (Å²) in [6.07, 6.45) is 17.0. The van der Waals surface area contributed by atoms with Crippen LogP contribution in [0.4, 0.5) is 0 Å². The maximum Gasteiger partial charge on any atom is 0.333 e. The molecule has 220 valence electrons. The van der Waals surface area contributed by atoms with Crippen LogP contribution in [0.25, 0.3) is 0 Å². The molecule has 5 atom stereocenters. The van der Waals surface area contributed by atoms with Crippen LogP contribution in [0.5, 0.6) is 0 Å². The lowest BCUT2D eigenvalue weighted by atomic mass is 9.97. The first-order chi connectivity index (χ1) is 18.3. The molecule has 0 bridgehead atoms. The highest BCUT2D eigenvalue weighted by atomic mass is 16.7. The fraction of sp³-hybridized carbons (Fsp3) is 0.800. The molecule has 8 heteroatoms. The molecule has 3 N–H and O–H groups in total. The molecule has 1 aliphatic heterocycles. The Kier molecular flexibility index (Phi) is 19.1. The number of unbranched alkanes of at least 4 members (excludes halogenated alkanes) is 12. The predicted molar refractivity (Wildman–Crippen MR) is 149 cm³/mol. The molecule has 0 aromatic heterocycles. The molecular formula is C30H53NO7. The van der Waals surface area contributed by atoms with E-state index in [9.17, 15) is 19.8 Å². The summed E-state index contributed by atoms with van der Waals surface area (Å²) in [4.78, 5) is 23.3. The van der Waals surface area contributed by atoms with Crippen molar-refractivity contribution >= 4 is 11.9 Å². The maximum atomic E-state index is 11.7. The first-order valence-corrected chi connectivity index (χ1v) is 14.7. The van der Waals surface area contributed by atoms with E-state index >= 15 is 0 Å². The standard InChI is InChI=1S/C30H53NO7/c1-5-6-7-8-9-10-11-12-13-14-15-16-17-18-19-20-21-36-30-26(31-24(4)32)28(34)27(33)25(38-30)22-37-29(35)23(2)3/h12-13,25-28,30,33-34H,2,5-11,14-22H2,1,3-4H3,(H,31,32)/b13-12-/t25-,26-,27-,28-,30+/m1/s1. The lowest BCUT2D eigenvalue weighted by molar-refractivity contribution is -0.271. The van der Waals surface area contributed by atoms with Gasteiger partial charge < -0.3 is 29.7 Å². The minimum Gasteiger partial charge on any atom is -0.459 e. The van der Waals surface area contributed by atoms with E-state index in [4.69, 9.17) is 14.2 Å². The fourth-order valence-electron chi connectivity index (χ4n) is 4.43. The summed E-state index contributed by atoms with van der Waals surface area (Å²) >= 11 is 0. The van der Waals surface area contributed by atoms with Crippen LogP contribution < -0.4 is 5.32 Å². The summed E-state index contributed by atoms with van der Waals surface area (Å²) in [6.45, 7) is 8.74. The second kappa shape index (κ2) is 21.1. The summed E-state index contributed by atoms with van der Waals surface area (Å²) in [5.41, 5.74) is 0.222. The fourth-order valence-corrected chi connectivity index (χ4v) is 4.43. The zero-order valence-electron chi connectivity index (χ0n) is 24.0. The summed E-state index contributed by atoms with van der Waals surface area (Å²) < 4.78 is 16.7. The Balaban J connectivity index is 2.23. The van der Waals surface area contributed by atoms with E-state index in [1.807, 2.05) is 0 Å². The third-order valence-electron chi connectivity index (χ3n) is 6.74. The van der Waals surface area contributed by atoms with Gasteiger partial charge in [0.15, 0.2) is 6.29 Å². The number of hydrogen-bond donors (Lipinski definition) is 3. The lowest BCUT2D eigenvalue weighted by Crippen LogP contribution is -2.64. The molecule has 1 rings (SSSR count). The number of nitrogens with one attached hydrogen (secondary N) is 1. The molecule has 1 fully saturated rings. The van der Waals surface area contributed by atoms with Crippen molar-refractivity contribution in [2.75, 3.05) is 13.2 Å². The Morgan fingerprint density at radius 3 is 1.97 bits per heavy atom. The van der Waals surface area contributed by atoms with Crippen molar-refractivity contribution in [2.24, 2.45) is 0 Å². The molecule has 1 saturated heterocycles. The minimum absolute atomic E-state index is 0.222. The van der Waals surface area contributed by atoms with E-state index in [0.29, 0.717) is 6.61 Å². The van der Waals surface area contributed by atoms with Gasteiger partial charge >= 0.3 is 5.97 Å². The number of amides is 1. The van der Waals surface area contributed by atoms with Crippen molar-refractivity contribution in [1.82, 2.24) is 5.32 Å². The monoisotopic (exact) mass is 539 g/mol. The van der Waals surface area contributed by atoms with Gasteiger partial charge in [-0.15, -0.1) is 0 Å². The number of carbonyl (C=O) groups excluding carboxylic acids is 2. The number of aliphatic hydroxyl groups excluding tert-OH is 2. The third kappa shape index (κ3) is 15.0. The molecule has 38 heavy (non-hydrogen) atoms. The molecule has 1 heterocycles. The Morgan fingerprint density at radius 1 is 0.868 bits per heavy atom. The zero-order chi connectivity index (χ0) is 28.2. The molecule has 0 aromatic rings. The van der Waals surface area contributed by atoms with Crippen LogP contribution in [-0.2, 0) is 23.8 Å². The van der Waals surface area contributed by atoms with Gasteiger partial charge in [0, 0.05) is 19.1 Å². The molecule has 0 saturated carbocycles. The number of ether oxygens (including phenoxy) is 3. The number of esters is 1. The normalized spacial score (nSPS) is 23.4. The average molecular weight is 540 g/mol. The third-order valence-corrected chi connectivity index (χ3v) is 6.74. The first-order valence-electron chi connectivity index (χ1n) is 14.7. The number of allylic oxidation sites excluding steroid dienone is 2. The average Bonchev–Trinajstić information content (AvgIpc) is 2.88. The molecule has 0 aromatic carbocycles. The molecular weight excluding hydrogens is 486 g/mol. The van der Waals surface area contributed by atoms with E-state index in [1.54, 1.807) is 0 Å². The van der Waals surface area contributed by atoms with E-state index in [2.05, 4.69) is 31.0 Å². The van der Waals surface area contributed by atoms with E-state index in [0.717, 1.165) is 25.7 Å². The van der Waals surface area contributed by atoms with Gasteiger partial charge in [-0.3, -0.25) is 4.79 Å². The van der Waals surface area contributed by atoms with Crippen molar-refractivity contribution in [3.63, 3.8) is 0 Å². The van der Waals surface area contributed by atoms with Gasteiger partial charge in [0.25, 0.3) is 0 Å². The quantitative estimate of drug-likeness (QED) is 0.0803. The summed E-state index contributed by atoms with van der Waals surface area (Å²) in [5, 5.41) is 23.6. The van der Waals surface area contributed by atoms with Crippen LogP contribution >= 0.6 is 0 Å². The SMILES string of the molecule is C=C(C)C(=O)OC[C@H]1O[C@H](OCCCCCCCC/C=C\CCCCCCCC)[C@H](NC(C)=O)[C@@H](O)[C@@H]1O. The molecule has 1 amide bonds. The predicted octanol–water partition coefficient (Wildman–Crippen LogP) is 5.11. The molecule has 1 aliphatic rings. The highest BCUT2D eigenvalue weighted by Gasteiger charge is 2.46. The van der Waals surface area contributed by atoms with Crippen molar-refractivity contribution < 1.29 is 34.0 Å². The van der Waals surface area contributed by atoms with Crippen LogP contribution in [0.1, 0.15) is 111 Å². The largest absolute Gasteiger partial charge is 0.459 e. The van der Waals surface area contributed by atoms with Crippen LogP contribution in [-0.4, -0.2) is 65.9 Å². The van der Waals surface area contributed by atoms with Crippen molar-refractivity contribution in [3.8, 4) is 0 Å². The molecule has 0 spiro atoms. The zero-order valence-corrected chi connectivity index (χ0v) is 24.0. The van der Waals surface area contributed by atoms with E-state index in [-0.39, 0.29) is 18.1 Å². The van der Waals surface area contributed by atoms with Crippen LogP contribution in [0, 0.1) is 0 Å². The van der Waals surface area contributed by atoms with Crippen LogP contribution in [0.15, 0.2) is 24.3 Å². The minimum atomic E-state index is -1.35. The highest BCUT2D eigenvalue weighted by molar-refractivity contribution is 5.86. The molecule has 0 radical (unpaired) electrons. The van der Waals surface area contributed by atoms with Gasteiger partial charge in [0.2, 0.25) is 5.91 Å². The van der Waals surface area contributed by atoms with Crippen LogP contribution in [0.3, 0.4) is 0 Å². The van der Waals surface area contributed by atoms with Crippen molar-refractivity contribution in [2.45, 2.75) is 141 Å². The first kappa shape index (κ1) is 34.3. The molecule has 0 aliphatic carbocycles. The van der Waals surface area contributed by atoms with E-state index < -0.39 is 36.6 Å². The molecule has 8 nitrogen and oxygen atoms in total. The summed E-state index contributed by atoms with van der Waals surface area (Å²) in [6, 6.07) is -0.926. The van der Waals surface area contributed by atoms with Crippen LogP contribution in [0.2, 0.25) is 0 Å². The number of hydrogen-bond acceptors (Lipinski definition) is 7. The second-order valence-corrected chi connectivity index (χ2v) is 10.4. The van der Waals surface area contributed by atoms with Crippen molar-refractivity contribution in [3.05, 3.63) is 24.3 Å². The number of rotatable bonds is 21. The smallest absolute Gasteiger partial charge is 0.333 e. The highest BCUT2D eigenvalue weighted by Crippen LogP contribution is 2.23. The second-order valence-electron chi connectivity index (χ2n) is 10.4. The van der Waals surface area contributed by atoms with Gasteiger partial charge in [0.1, 0.15) is 31.0 Å².